The second-order valence-corrected chi connectivity index (χ2v) is 6.02. The van der Waals surface area contributed by atoms with Crippen LogP contribution < -0.4 is 0 Å². The van der Waals surface area contributed by atoms with E-state index in [1.54, 1.807) is 6.20 Å². The molecular weight excluding hydrogens is 288 g/mol. The van der Waals surface area contributed by atoms with Crippen LogP contribution >= 0.6 is 0 Å². The summed E-state index contributed by atoms with van der Waals surface area (Å²) in [5, 5.41) is 0. The Balaban J connectivity index is 1.57. The molecule has 23 heavy (non-hydrogen) atoms. The van der Waals surface area contributed by atoms with Crippen molar-refractivity contribution in [3.05, 3.63) is 66.2 Å². The zero-order chi connectivity index (χ0) is 15.6. The summed E-state index contributed by atoms with van der Waals surface area (Å²) in [5.74, 6) is 1.10. The summed E-state index contributed by atoms with van der Waals surface area (Å²) >= 11 is 0. The van der Waals surface area contributed by atoms with Gasteiger partial charge in [0.2, 0.25) is 5.78 Å². The van der Waals surface area contributed by atoms with Gasteiger partial charge in [-0.05, 0) is 24.0 Å². The molecule has 2 aromatic heterocycles. The first-order chi connectivity index (χ1) is 11.3. The highest BCUT2D eigenvalue weighted by molar-refractivity contribution is 5.59. The van der Waals surface area contributed by atoms with Crippen molar-refractivity contribution in [2.45, 2.75) is 24.9 Å². The van der Waals surface area contributed by atoms with E-state index in [2.05, 4.69) is 39.1 Å². The van der Waals surface area contributed by atoms with Crippen molar-refractivity contribution < 1.29 is 4.79 Å². The van der Waals surface area contributed by atoms with Crippen LogP contribution in [0.3, 0.4) is 0 Å². The number of aromatic nitrogens is 3. The van der Waals surface area contributed by atoms with Gasteiger partial charge in [0.1, 0.15) is 6.29 Å². The van der Waals surface area contributed by atoms with E-state index in [0.717, 1.165) is 24.9 Å². The predicted molar refractivity (Wildman–Crippen MR) is 87.0 cm³/mol. The highest BCUT2D eigenvalue weighted by Gasteiger charge is 2.33. The molecule has 5 nitrogen and oxygen atoms in total. The summed E-state index contributed by atoms with van der Waals surface area (Å²) in [6.07, 6.45) is 7.50. The number of aldehydes is 1. The quantitative estimate of drug-likeness (QED) is 0.694. The van der Waals surface area contributed by atoms with Crippen LogP contribution in [0.4, 0.5) is 0 Å². The van der Waals surface area contributed by atoms with E-state index < -0.39 is 0 Å². The molecule has 2 unspecified atom stereocenters. The molecule has 1 aromatic carbocycles. The number of benzene rings is 1. The molecule has 0 radical (unpaired) electrons. The van der Waals surface area contributed by atoms with Gasteiger partial charge in [0.25, 0.3) is 0 Å². The Kier molecular flexibility index (Phi) is 3.63. The van der Waals surface area contributed by atoms with Crippen LogP contribution in [-0.2, 0) is 11.3 Å². The molecule has 1 fully saturated rings. The van der Waals surface area contributed by atoms with Crippen LogP contribution in [-0.4, -0.2) is 38.1 Å². The van der Waals surface area contributed by atoms with Gasteiger partial charge in [0, 0.05) is 25.5 Å². The van der Waals surface area contributed by atoms with Crippen molar-refractivity contribution in [2.75, 3.05) is 6.54 Å². The molecule has 3 aromatic rings. The number of fused-ring (bicyclic) bond motifs is 1. The summed E-state index contributed by atoms with van der Waals surface area (Å²) in [6, 6.07) is 12.3. The van der Waals surface area contributed by atoms with Gasteiger partial charge >= 0.3 is 0 Å². The van der Waals surface area contributed by atoms with E-state index in [0.29, 0.717) is 18.2 Å². The smallest absolute Gasteiger partial charge is 0.233 e. The van der Waals surface area contributed by atoms with E-state index in [9.17, 15) is 4.79 Å². The number of carbonyl (C=O) groups excluding carboxylic acids is 1. The molecule has 1 aliphatic rings. The fourth-order valence-electron chi connectivity index (χ4n) is 3.43. The number of carbonyl (C=O) groups is 1. The molecule has 2 atom stereocenters. The van der Waals surface area contributed by atoms with Crippen molar-refractivity contribution >= 4 is 12.1 Å². The lowest BCUT2D eigenvalue weighted by Crippen LogP contribution is -2.30. The molecule has 0 bridgehead atoms. The average Bonchev–Trinajstić information content (AvgIpc) is 3.21. The molecule has 0 aliphatic carbocycles. The Bertz CT molecular complexity index is 814. The van der Waals surface area contributed by atoms with E-state index >= 15 is 0 Å². The van der Waals surface area contributed by atoms with Gasteiger partial charge in [0.15, 0.2) is 0 Å². The van der Waals surface area contributed by atoms with E-state index in [1.807, 2.05) is 28.9 Å². The van der Waals surface area contributed by atoms with Gasteiger partial charge in [-0.3, -0.25) is 9.30 Å². The Morgan fingerprint density at radius 2 is 2.04 bits per heavy atom. The molecule has 0 saturated carbocycles. The van der Waals surface area contributed by atoms with Gasteiger partial charge in [-0.15, -0.1) is 0 Å². The van der Waals surface area contributed by atoms with Crippen LogP contribution in [0.5, 0.6) is 0 Å². The minimum atomic E-state index is -0.0394. The fourth-order valence-corrected chi connectivity index (χ4v) is 3.43. The van der Waals surface area contributed by atoms with Crippen LogP contribution in [0.1, 0.15) is 23.6 Å². The maximum atomic E-state index is 11.5. The lowest BCUT2D eigenvalue weighted by molar-refractivity contribution is -0.111. The summed E-state index contributed by atoms with van der Waals surface area (Å²) < 4.78 is 1.98. The average molecular weight is 306 g/mol. The standard InChI is InChI=1S/C18H18N4O/c23-13-16-9-15(14-5-2-1-3-6-14)11-21(16)12-17-10-20-18-19-7-4-8-22(17)18/h1-8,10,13,15-16H,9,11-12H2. The minimum absolute atomic E-state index is 0.0394. The second-order valence-electron chi connectivity index (χ2n) is 6.02. The lowest BCUT2D eigenvalue weighted by atomic mass is 9.97. The molecule has 1 aliphatic heterocycles. The van der Waals surface area contributed by atoms with Gasteiger partial charge in [-0.1, -0.05) is 30.3 Å². The van der Waals surface area contributed by atoms with E-state index in [4.69, 9.17) is 0 Å². The maximum Gasteiger partial charge on any atom is 0.233 e. The highest BCUT2D eigenvalue weighted by atomic mass is 16.1. The molecule has 5 heteroatoms. The first kappa shape index (κ1) is 14.1. The second kappa shape index (κ2) is 5.93. The Morgan fingerprint density at radius 1 is 1.17 bits per heavy atom. The molecule has 4 rings (SSSR count). The zero-order valence-electron chi connectivity index (χ0n) is 12.7. The molecule has 116 valence electrons. The Morgan fingerprint density at radius 3 is 2.87 bits per heavy atom. The molecule has 3 heterocycles. The van der Waals surface area contributed by atoms with Crippen LogP contribution in [0.15, 0.2) is 55.0 Å². The first-order valence-corrected chi connectivity index (χ1v) is 7.86. The van der Waals surface area contributed by atoms with Crippen molar-refractivity contribution in [3.63, 3.8) is 0 Å². The lowest BCUT2D eigenvalue weighted by Gasteiger charge is -2.19. The van der Waals surface area contributed by atoms with Gasteiger partial charge in [-0.25, -0.2) is 9.97 Å². The Hall–Kier alpha value is -2.53. The monoisotopic (exact) mass is 306 g/mol. The third-order valence-corrected chi connectivity index (χ3v) is 4.61. The molecular formula is C18H18N4O. The predicted octanol–water partition coefficient (Wildman–Crippen LogP) is 2.29. The van der Waals surface area contributed by atoms with Crippen molar-refractivity contribution in [1.29, 1.82) is 0 Å². The Labute approximate surface area is 134 Å². The normalized spacial score (nSPS) is 21.7. The number of hydrogen-bond donors (Lipinski definition) is 0. The third-order valence-electron chi connectivity index (χ3n) is 4.61. The third kappa shape index (κ3) is 2.64. The van der Waals surface area contributed by atoms with Crippen LogP contribution in [0, 0.1) is 0 Å². The summed E-state index contributed by atoms with van der Waals surface area (Å²) in [5.41, 5.74) is 2.37. The van der Waals surface area contributed by atoms with Gasteiger partial charge < -0.3 is 4.79 Å². The minimum Gasteiger partial charge on any atom is -0.302 e. The molecule has 1 saturated heterocycles. The summed E-state index contributed by atoms with van der Waals surface area (Å²) in [7, 11) is 0. The van der Waals surface area contributed by atoms with Crippen LogP contribution in [0.2, 0.25) is 0 Å². The van der Waals surface area contributed by atoms with Gasteiger partial charge in [0.05, 0.1) is 17.9 Å². The maximum absolute atomic E-state index is 11.5. The SMILES string of the molecule is O=CC1CC(c2ccccc2)CN1Cc1cnc2ncccn12. The number of hydrogen-bond acceptors (Lipinski definition) is 4. The number of likely N-dealkylation sites (tertiary alicyclic amines) is 1. The van der Waals surface area contributed by atoms with E-state index in [-0.39, 0.29) is 6.04 Å². The van der Waals surface area contributed by atoms with Crippen LogP contribution in [0.25, 0.3) is 5.78 Å². The summed E-state index contributed by atoms with van der Waals surface area (Å²) in [4.78, 5) is 22.3. The molecule has 0 spiro atoms. The topological polar surface area (TPSA) is 50.5 Å². The van der Waals surface area contributed by atoms with Crippen molar-refractivity contribution in [2.24, 2.45) is 0 Å². The molecule has 0 N–H and O–H groups in total. The fraction of sp³-hybridized carbons (Fsp3) is 0.278. The highest BCUT2D eigenvalue weighted by Crippen LogP contribution is 2.31. The summed E-state index contributed by atoms with van der Waals surface area (Å²) in [6.45, 7) is 1.60. The van der Waals surface area contributed by atoms with Crippen molar-refractivity contribution in [1.82, 2.24) is 19.3 Å². The zero-order valence-corrected chi connectivity index (χ0v) is 12.7. The number of imidazole rings is 1. The number of rotatable bonds is 4. The largest absolute Gasteiger partial charge is 0.302 e. The van der Waals surface area contributed by atoms with Gasteiger partial charge in [-0.2, -0.15) is 0 Å². The van der Waals surface area contributed by atoms with Crippen molar-refractivity contribution in [3.8, 4) is 0 Å². The van der Waals surface area contributed by atoms with E-state index in [1.165, 1.54) is 5.56 Å². The first-order valence-electron chi connectivity index (χ1n) is 7.86. The number of nitrogens with zero attached hydrogens (tertiary/aromatic N) is 4. The molecule has 0 amide bonds.